The number of halogens is 4. The molecule has 3 atom stereocenters. The zero-order valence-corrected chi connectivity index (χ0v) is 16.6. The van der Waals surface area contributed by atoms with Crippen LogP contribution in [0.15, 0.2) is 24.3 Å². The molecule has 7 nitrogen and oxygen atoms in total. The highest BCUT2D eigenvalue weighted by atomic mass is 19.4. The molecule has 0 saturated heterocycles. The Labute approximate surface area is 174 Å². The fraction of sp³-hybridized carbons (Fsp3) is 0.500. The van der Waals surface area contributed by atoms with Crippen LogP contribution in [-0.2, 0) is 12.7 Å². The number of aliphatic hydroxyl groups is 1. The normalized spacial score (nSPS) is 25.5. The van der Waals surface area contributed by atoms with Crippen LogP contribution in [0.1, 0.15) is 47.6 Å². The molecule has 11 heteroatoms. The minimum absolute atomic E-state index is 0.0107. The molecule has 3 heterocycles. The fourth-order valence-electron chi connectivity index (χ4n) is 3.57. The Bertz CT molecular complexity index is 966. The fourth-order valence-corrected chi connectivity index (χ4v) is 3.57. The SMILES string of the molecule is CCC1(O)CCn2nc(C(=O)NC3COc4ccc(C(F)(F)F)cc4C3F)cc2OC1. The number of rotatable bonds is 3. The van der Waals surface area contributed by atoms with Gasteiger partial charge in [-0.3, -0.25) is 4.79 Å². The molecule has 0 radical (unpaired) electrons. The molecule has 0 saturated carbocycles. The highest BCUT2D eigenvalue weighted by Gasteiger charge is 2.37. The molecule has 2 aromatic rings. The molecule has 1 amide bonds. The van der Waals surface area contributed by atoms with Gasteiger partial charge in [0.25, 0.3) is 5.91 Å². The Morgan fingerprint density at radius 3 is 2.84 bits per heavy atom. The van der Waals surface area contributed by atoms with Crippen LogP contribution in [0.25, 0.3) is 0 Å². The zero-order valence-electron chi connectivity index (χ0n) is 16.6. The van der Waals surface area contributed by atoms with Crippen LogP contribution in [0, 0.1) is 0 Å². The summed E-state index contributed by atoms with van der Waals surface area (Å²) in [5, 5.41) is 16.9. The van der Waals surface area contributed by atoms with Gasteiger partial charge in [0.2, 0.25) is 5.88 Å². The number of carbonyl (C=O) groups excluding carboxylic acids is 1. The largest absolute Gasteiger partial charge is 0.491 e. The molecular formula is C20H21F4N3O4. The lowest BCUT2D eigenvalue weighted by Crippen LogP contribution is -2.44. The number of benzene rings is 1. The lowest BCUT2D eigenvalue weighted by molar-refractivity contribution is -0.137. The minimum Gasteiger partial charge on any atom is -0.491 e. The van der Waals surface area contributed by atoms with E-state index in [2.05, 4.69) is 10.4 Å². The van der Waals surface area contributed by atoms with Crippen LogP contribution in [0.2, 0.25) is 0 Å². The van der Waals surface area contributed by atoms with Gasteiger partial charge in [0.1, 0.15) is 24.6 Å². The number of hydrogen-bond acceptors (Lipinski definition) is 5. The van der Waals surface area contributed by atoms with Gasteiger partial charge in [-0.25, -0.2) is 9.07 Å². The zero-order chi connectivity index (χ0) is 22.4. The number of aryl methyl sites for hydroxylation is 1. The van der Waals surface area contributed by atoms with E-state index in [4.69, 9.17) is 9.47 Å². The van der Waals surface area contributed by atoms with E-state index in [9.17, 15) is 27.5 Å². The highest BCUT2D eigenvalue weighted by Crippen LogP contribution is 2.39. The van der Waals surface area contributed by atoms with Gasteiger partial charge in [-0.1, -0.05) is 6.92 Å². The molecular weight excluding hydrogens is 422 g/mol. The maximum Gasteiger partial charge on any atom is 0.416 e. The molecule has 2 aliphatic rings. The number of aromatic nitrogens is 2. The third kappa shape index (κ3) is 4.18. The maximum atomic E-state index is 14.9. The first-order valence-corrected chi connectivity index (χ1v) is 9.81. The predicted molar refractivity (Wildman–Crippen MR) is 99.6 cm³/mol. The molecule has 0 aliphatic carbocycles. The van der Waals surface area contributed by atoms with Crippen LogP contribution < -0.4 is 14.8 Å². The van der Waals surface area contributed by atoms with Gasteiger partial charge in [0.15, 0.2) is 11.9 Å². The van der Waals surface area contributed by atoms with Crippen LogP contribution in [0.4, 0.5) is 17.6 Å². The van der Waals surface area contributed by atoms with Gasteiger partial charge in [-0.05, 0) is 31.0 Å². The number of carbonyl (C=O) groups is 1. The summed E-state index contributed by atoms with van der Waals surface area (Å²) in [6, 6.07) is 2.78. The summed E-state index contributed by atoms with van der Waals surface area (Å²) in [7, 11) is 0. The van der Waals surface area contributed by atoms with Gasteiger partial charge in [-0.2, -0.15) is 18.3 Å². The maximum absolute atomic E-state index is 14.9. The van der Waals surface area contributed by atoms with Crippen LogP contribution >= 0.6 is 0 Å². The van der Waals surface area contributed by atoms with Crippen molar-refractivity contribution in [1.82, 2.24) is 15.1 Å². The topological polar surface area (TPSA) is 85.6 Å². The predicted octanol–water partition coefficient (Wildman–Crippen LogP) is 3.03. The molecule has 0 bridgehead atoms. The van der Waals surface area contributed by atoms with Crippen LogP contribution in [0.3, 0.4) is 0 Å². The molecule has 1 aromatic heterocycles. The molecule has 168 valence electrons. The lowest BCUT2D eigenvalue weighted by Gasteiger charge is -2.29. The minimum atomic E-state index is -4.62. The average Bonchev–Trinajstić information content (AvgIpc) is 3.08. The number of nitrogens with one attached hydrogen (secondary N) is 1. The third-order valence-corrected chi connectivity index (χ3v) is 5.63. The van der Waals surface area contributed by atoms with E-state index < -0.39 is 35.5 Å². The standard InChI is InChI=1S/C20H21F4N3O4/c1-2-19(29)5-6-27-16(31-10-19)8-13(26-27)18(28)25-14-9-30-15-4-3-11(20(22,23)24)7-12(15)17(14)21/h3-4,7-8,14,17,29H,2,5-6,9-10H2,1H3,(H,25,28). The summed E-state index contributed by atoms with van der Waals surface area (Å²) in [6.07, 6.45) is -5.61. The number of ether oxygens (including phenoxy) is 2. The third-order valence-electron chi connectivity index (χ3n) is 5.63. The number of amides is 1. The summed E-state index contributed by atoms with van der Waals surface area (Å²) < 4.78 is 66.2. The van der Waals surface area contributed by atoms with Gasteiger partial charge in [0.05, 0.1) is 11.6 Å². The number of nitrogens with zero attached hydrogens (tertiary/aromatic N) is 2. The van der Waals surface area contributed by atoms with Crippen LogP contribution in [-0.4, -0.2) is 45.7 Å². The Morgan fingerprint density at radius 2 is 2.13 bits per heavy atom. The molecule has 3 unspecified atom stereocenters. The highest BCUT2D eigenvalue weighted by molar-refractivity contribution is 5.92. The van der Waals surface area contributed by atoms with E-state index in [0.29, 0.717) is 31.3 Å². The lowest BCUT2D eigenvalue weighted by atomic mass is 9.98. The van der Waals surface area contributed by atoms with Gasteiger partial charge < -0.3 is 19.9 Å². The number of fused-ring (bicyclic) bond motifs is 2. The summed E-state index contributed by atoms with van der Waals surface area (Å²) >= 11 is 0. The first-order valence-electron chi connectivity index (χ1n) is 9.81. The van der Waals surface area contributed by atoms with E-state index in [1.165, 1.54) is 10.7 Å². The summed E-state index contributed by atoms with van der Waals surface area (Å²) in [5.41, 5.74) is -2.27. The first-order chi connectivity index (χ1) is 14.6. The first kappa shape index (κ1) is 21.4. The van der Waals surface area contributed by atoms with Crippen molar-refractivity contribution >= 4 is 5.91 Å². The second kappa shape index (κ2) is 7.70. The van der Waals surface area contributed by atoms with Crippen molar-refractivity contribution in [3.8, 4) is 11.6 Å². The molecule has 2 aliphatic heterocycles. The van der Waals surface area contributed by atoms with Crippen molar-refractivity contribution < 1.29 is 36.9 Å². The van der Waals surface area contributed by atoms with Crippen molar-refractivity contribution in [2.24, 2.45) is 0 Å². The number of alkyl halides is 4. The smallest absolute Gasteiger partial charge is 0.416 e. The summed E-state index contributed by atoms with van der Waals surface area (Å²) in [5.74, 6) is -0.399. The Morgan fingerprint density at radius 1 is 1.35 bits per heavy atom. The Balaban J connectivity index is 1.48. The van der Waals surface area contributed by atoms with Gasteiger partial charge >= 0.3 is 6.18 Å². The van der Waals surface area contributed by atoms with Crippen molar-refractivity contribution in [3.05, 3.63) is 41.1 Å². The summed E-state index contributed by atoms with van der Waals surface area (Å²) in [6.45, 7) is 1.99. The molecule has 0 fully saturated rings. The van der Waals surface area contributed by atoms with Crippen molar-refractivity contribution in [1.29, 1.82) is 0 Å². The van der Waals surface area contributed by atoms with Crippen molar-refractivity contribution in [2.45, 2.75) is 50.3 Å². The van der Waals surface area contributed by atoms with E-state index in [1.54, 1.807) is 0 Å². The van der Waals surface area contributed by atoms with Crippen molar-refractivity contribution in [3.63, 3.8) is 0 Å². The quantitative estimate of drug-likeness (QED) is 0.713. The van der Waals surface area contributed by atoms with Crippen molar-refractivity contribution in [2.75, 3.05) is 13.2 Å². The van der Waals surface area contributed by atoms with E-state index >= 15 is 0 Å². The van der Waals surface area contributed by atoms with Crippen LogP contribution in [0.5, 0.6) is 11.6 Å². The molecule has 1 aromatic carbocycles. The molecule has 0 spiro atoms. The summed E-state index contributed by atoms with van der Waals surface area (Å²) in [4.78, 5) is 12.6. The van der Waals surface area contributed by atoms with E-state index in [1.807, 2.05) is 6.92 Å². The Hall–Kier alpha value is -2.82. The van der Waals surface area contributed by atoms with Gasteiger partial charge in [-0.15, -0.1) is 0 Å². The van der Waals surface area contributed by atoms with Gasteiger partial charge in [0, 0.05) is 18.2 Å². The second-order valence-electron chi connectivity index (χ2n) is 7.75. The molecule has 2 N–H and O–H groups in total. The molecule has 4 rings (SSSR count). The monoisotopic (exact) mass is 443 g/mol. The number of hydrogen-bond donors (Lipinski definition) is 2. The van der Waals surface area contributed by atoms with E-state index in [0.717, 1.165) is 12.1 Å². The Kier molecular flexibility index (Phi) is 5.32. The van der Waals surface area contributed by atoms with E-state index in [-0.39, 0.29) is 30.2 Å². The average molecular weight is 443 g/mol. The second-order valence-corrected chi connectivity index (χ2v) is 7.75. The molecule has 31 heavy (non-hydrogen) atoms.